The topological polar surface area (TPSA) is 81.7 Å². The van der Waals surface area contributed by atoms with Crippen LogP contribution in [0.25, 0.3) is 10.6 Å². The summed E-state index contributed by atoms with van der Waals surface area (Å²) in [6.45, 7) is 1.06. The Morgan fingerprint density at radius 3 is 2.46 bits per heavy atom. The number of hydrogen-bond acceptors (Lipinski definition) is 7. The van der Waals surface area contributed by atoms with E-state index in [1.807, 2.05) is 30.3 Å². The van der Waals surface area contributed by atoms with E-state index in [0.717, 1.165) is 28.3 Å². The van der Waals surface area contributed by atoms with E-state index in [-0.39, 0.29) is 17.9 Å². The number of hydroxylamine groups is 1. The first-order valence-corrected chi connectivity index (χ1v) is 13.5. The lowest BCUT2D eigenvalue weighted by atomic mass is 10.1. The number of nitrogens with zero attached hydrogens (tertiary/aromatic N) is 1. The number of aromatic nitrogens is 1. The summed E-state index contributed by atoms with van der Waals surface area (Å²) < 4.78 is 65.4. The maximum absolute atomic E-state index is 14.7. The van der Waals surface area contributed by atoms with Gasteiger partial charge in [0.05, 0.1) is 22.7 Å². The van der Waals surface area contributed by atoms with E-state index >= 15 is 0 Å². The molecule has 1 aromatic heterocycles. The highest BCUT2D eigenvalue weighted by atomic mass is 32.1. The fourth-order valence-electron chi connectivity index (χ4n) is 4.13. The highest BCUT2D eigenvalue weighted by molar-refractivity contribution is 7.15. The van der Waals surface area contributed by atoms with Crippen molar-refractivity contribution < 1.29 is 36.7 Å². The second-order valence-electron chi connectivity index (χ2n) is 9.16. The Hall–Kier alpha value is -4.00. The molecule has 1 atom stereocenters. The zero-order valence-electron chi connectivity index (χ0n) is 21.5. The number of amides is 1. The summed E-state index contributed by atoms with van der Waals surface area (Å²) in [6.07, 6.45) is -4.73. The summed E-state index contributed by atoms with van der Waals surface area (Å²) in [5.74, 6) is -0.338. The molecule has 214 valence electrons. The third kappa shape index (κ3) is 7.40. The molecule has 0 spiro atoms. The van der Waals surface area contributed by atoms with Crippen molar-refractivity contribution in [3.05, 3.63) is 106 Å². The molecule has 3 aromatic carbocycles. The quantitative estimate of drug-likeness (QED) is 0.146. The molecule has 1 saturated heterocycles. The second-order valence-corrected chi connectivity index (χ2v) is 10.2. The van der Waals surface area contributed by atoms with Gasteiger partial charge in [0.25, 0.3) is 0 Å². The number of thiazole rings is 1. The normalized spacial score (nSPS) is 15.0. The van der Waals surface area contributed by atoms with Crippen molar-refractivity contribution >= 4 is 17.4 Å². The zero-order valence-corrected chi connectivity index (χ0v) is 22.4. The van der Waals surface area contributed by atoms with E-state index < -0.39 is 29.8 Å². The number of aryl methyl sites for hydroxylation is 1. The number of rotatable bonds is 11. The summed E-state index contributed by atoms with van der Waals surface area (Å²) in [7, 11) is 0. The summed E-state index contributed by atoms with van der Waals surface area (Å²) in [5, 5.41) is 2.99. The van der Waals surface area contributed by atoms with Crippen molar-refractivity contribution in [3.63, 3.8) is 0 Å². The molecule has 4 aromatic rings. The van der Waals surface area contributed by atoms with Crippen molar-refractivity contribution in [2.45, 2.75) is 38.4 Å². The van der Waals surface area contributed by atoms with Gasteiger partial charge in [-0.2, -0.15) is 13.2 Å². The van der Waals surface area contributed by atoms with Crippen LogP contribution < -0.4 is 15.5 Å². The van der Waals surface area contributed by atoms with Crippen LogP contribution in [-0.2, 0) is 35.4 Å². The SMILES string of the molecule is O=C1NC(c2ccc(OCc3sc(-c4ccc(C(F)(F)F)cc4)nc3CCCOCc3ccccc3)cc2F)NO1. The number of hydrogen-bond donors (Lipinski definition) is 2. The number of halogens is 4. The number of ether oxygens (including phenoxy) is 2. The number of alkyl halides is 3. The first-order valence-electron chi connectivity index (χ1n) is 12.7. The molecular weight excluding hydrogens is 562 g/mol. The van der Waals surface area contributed by atoms with Gasteiger partial charge in [-0.3, -0.25) is 5.32 Å². The molecule has 1 unspecified atom stereocenters. The molecule has 1 amide bonds. The monoisotopic (exact) mass is 587 g/mol. The minimum Gasteiger partial charge on any atom is -0.488 e. The van der Waals surface area contributed by atoms with E-state index in [9.17, 15) is 22.4 Å². The Morgan fingerprint density at radius 1 is 1.00 bits per heavy atom. The number of carbonyl (C=O) groups excluding carboxylic acids is 1. The average Bonchev–Trinajstić information content (AvgIpc) is 3.58. The van der Waals surface area contributed by atoms with Gasteiger partial charge < -0.3 is 14.3 Å². The third-order valence-electron chi connectivity index (χ3n) is 6.24. The molecular formula is C29H25F4N3O4S. The minimum atomic E-state index is -4.43. The van der Waals surface area contributed by atoms with Crippen molar-refractivity contribution in [1.29, 1.82) is 0 Å². The van der Waals surface area contributed by atoms with Gasteiger partial charge in [-0.25, -0.2) is 14.2 Å². The van der Waals surface area contributed by atoms with E-state index in [4.69, 9.17) is 14.5 Å². The van der Waals surface area contributed by atoms with Gasteiger partial charge in [0, 0.05) is 23.8 Å². The highest BCUT2D eigenvalue weighted by Gasteiger charge is 2.30. The fraction of sp³-hybridized carbons (Fsp3) is 0.241. The lowest BCUT2D eigenvalue weighted by molar-refractivity contribution is -0.137. The molecule has 2 N–H and O–H groups in total. The summed E-state index contributed by atoms with van der Waals surface area (Å²) in [6, 6.07) is 18.9. The molecule has 0 radical (unpaired) electrons. The second kappa shape index (κ2) is 12.7. The lowest BCUT2D eigenvalue weighted by Gasteiger charge is -2.11. The molecule has 41 heavy (non-hydrogen) atoms. The first-order chi connectivity index (χ1) is 19.8. The molecule has 1 aliphatic heterocycles. The largest absolute Gasteiger partial charge is 0.488 e. The van der Waals surface area contributed by atoms with Crippen molar-refractivity contribution in [3.8, 4) is 16.3 Å². The van der Waals surface area contributed by atoms with Crippen LogP contribution in [0.1, 0.15) is 39.8 Å². The summed E-state index contributed by atoms with van der Waals surface area (Å²) >= 11 is 1.31. The molecule has 7 nitrogen and oxygen atoms in total. The van der Waals surface area contributed by atoms with Gasteiger partial charge in [0.15, 0.2) is 0 Å². The molecule has 0 bridgehead atoms. The number of nitrogens with one attached hydrogen (secondary N) is 2. The van der Waals surface area contributed by atoms with Crippen molar-refractivity contribution in [2.24, 2.45) is 0 Å². The standard InChI is InChI=1S/C29H25F4N3O4S/c30-23-15-21(12-13-22(23)26-35-28(37)40-36-26)39-17-25-24(7-4-14-38-16-18-5-2-1-3-6-18)34-27(41-25)19-8-10-20(11-9-19)29(31,32)33/h1-3,5-6,8-13,15,26,36H,4,7,14,16-17H2,(H,35,37). The van der Waals surface area contributed by atoms with Crippen molar-refractivity contribution in [1.82, 2.24) is 15.8 Å². The molecule has 1 fully saturated rings. The van der Waals surface area contributed by atoms with Gasteiger partial charge in [-0.15, -0.1) is 16.8 Å². The van der Waals surface area contributed by atoms with Crippen LogP contribution >= 0.6 is 11.3 Å². The minimum absolute atomic E-state index is 0.0822. The van der Waals surface area contributed by atoms with Gasteiger partial charge in [0.1, 0.15) is 29.3 Å². The van der Waals surface area contributed by atoms with E-state index in [1.54, 1.807) is 6.07 Å². The predicted octanol–water partition coefficient (Wildman–Crippen LogP) is 6.94. The molecule has 0 aliphatic carbocycles. The molecule has 2 heterocycles. The van der Waals surface area contributed by atoms with Crippen LogP contribution in [0.15, 0.2) is 72.8 Å². The van der Waals surface area contributed by atoms with Crippen LogP contribution in [0.3, 0.4) is 0 Å². The van der Waals surface area contributed by atoms with E-state index in [1.165, 1.54) is 35.6 Å². The maximum atomic E-state index is 14.7. The Bertz CT molecular complexity index is 1480. The predicted molar refractivity (Wildman–Crippen MR) is 143 cm³/mol. The Kier molecular flexibility index (Phi) is 8.81. The summed E-state index contributed by atoms with van der Waals surface area (Å²) in [4.78, 5) is 21.3. The van der Waals surface area contributed by atoms with Crippen LogP contribution in [0.2, 0.25) is 0 Å². The molecule has 0 saturated carbocycles. The highest BCUT2D eigenvalue weighted by Crippen LogP contribution is 2.34. The first kappa shape index (κ1) is 28.5. The molecule has 12 heteroatoms. The van der Waals surface area contributed by atoms with E-state index in [0.29, 0.717) is 36.6 Å². The number of carbonyl (C=O) groups is 1. The Labute approximate surface area is 237 Å². The third-order valence-corrected chi connectivity index (χ3v) is 7.36. The van der Waals surface area contributed by atoms with Crippen LogP contribution in [0, 0.1) is 5.82 Å². The lowest BCUT2D eigenvalue weighted by Crippen LogP contribution is -2.23. The summed E-state index contributed by atoms with van der Waals surface area (Å²) in [5.41, 5.74) is 4.20. The van der Waals surface area contributed by atoms with Gasteiger partial charge in [-0.05, 0) is 42.7 Å². The van der Waals surface area contributed by atoms with E-state index in [2.05, 4.69) is 15.6 Å². The molecule has 5 rings (SSSR count). The van der Waals surface area contributed by atoms with Gasteiger partial charge in [0.2, 0.25) is 0 Å². The van der Waals surface area contributed by atoms with Gasteiger partial charge in [-0.1, -0.05) is 42.5 Å². The van der Waals surface area contributed by atoms with Crippen molar-refractivity contribution in [2.75, 3.05) is 6.61 Å². The fourth-order valence-corrected chi connectivity index (χ4v) is 5.16. The Morgan fingerprint density at radius 2 is 1.78 bits per heavy atom. The smallest absolute Gasteiger partial charge is 0.427 e. The zero-order chi connectivity index (χ0) is 28.8. The van der Waals surface area contributed by atoms with Crippen LogP contribution in [0.5, 0.6) is 5.75 Å². The number of benzene rings is 3. The maximum Gasteiger partial charge on any atom is 0.427 e. The molecule has 1 aliphatic rings. The van der Waals surface area contributed by atoms with Gasteiger partial charge >= 0.3 is 12.3 Å². The average molecular weight is 588 g/mol. The van der Waals surface area contributed by atoms with Crippen LogP contribution in [0.4, 0.5) is 22.4 Å². The van der Waals surface area contributed by atoms with Crippen LogP contribution in [-0.4, -0.2) is 17.7 Å². The Balaban J connectivity index is 1.27.